The highest BCUT2D eigenvalue weighted by molar-refractivity contribution is 5.92. The predicted molar refractivity (Wildman–Crippen MR) is 97.2 cm³/mol. The minimum Gasteiger partial charge on any atom is -0.337 e. The van der Waals surface area contributed by atoms with Gasteiger partial charge in [0.15, 0.2) is 0 Å². The van der Waals surface area contributed by atoms with Crippen LogP contribution in [0.5, 0.6) is 0 Å². The lowest BCUT2D eigenvalue weighted by molar-refractivity contribution is -0.116. The van der Waals surface area contributed by atoms with Crippen LogP contribution in [0.15, 0.2) is 54.6 Å². The molecule has 0 saturated carbocycles. The van der Waals surface area contributed by atoms with Gasteiger partial charge in [-0.2, -0.15) is 0 Å². The molecule has 0 aromatic heterocycles. The molecule has 0 aliphatic heterocycles. The van der Waals surface area contributed by atoms with Crippen LogP contribution in [0.3, 0.4) is 0 Å². The molecule has 2 aromatic rings. The average molecular weight is 325 g/mol. The van der Waals surface area contributed by atoms with Crippen LogP contribution in [0, 0.1) is 0 Å². The van der Waals surface area contributed by atoms with Gasteiger partial charge in [-0.3, -0.25) is 4.79 Å². The van der Waals surface area contributed by atoms with Crippen molar-refractivity contribution in [3.63, 3.8) is 0 Å². The summed E-state index contributed by atoms with van der Waals surface area (Å²) in [5, 5.41) is 8.22. The number of carbonyl (C=O) groups is 2. The Morgan fingerprint density at radius 3 is 2.33 bits per heavy atom. The lowest BCUT2D eigenvalue weighted by Gasteiger charge is -2.10. The molecule has 0 unspecified atom stereocenters. The minimum atomic E-state index is -0.323. The first-order valence-corrected chi connectivity index (χ1v) is 8.04. The van der Waals surface area contributed by atoms with Crippen LogP contribution in [0.4, 0.5) is 16.2 Å². The highest BCUT2D eigenvalue weighted by atomic mass is 16.2. The molecule has 3 N–H and O–H groups in total. The fourth-order valence-corrected chi connectivity index (χ4v) is 2.19. The zero-order valence-corrected chi connectivity index (χ0v) is 14.0. The molecule has 0 fully saturated rings. The molecule has 126 valence electrons. The maximum Gasteiger partial charge on any atom is 0.319 e. The highest BCUT2D eigenvalue weighted by Crippen LogP contribution is 2.18. The molecule has 0 bridgehead atoms. The molecule has 24 heavy (non-hydrogen) atoms. The second kappa shape index (κ2) is 8.72. The van der Waals surface area contributed by atoms with Gasteiger partial charge >= 0.3 is 6.03 Å². The highest BCUT2D eigenvalue weighted by Gasteiger charge is 2.06. The molecular weight excluding hydrogens is 302 g/mol. The largest absolute Gasteiger partial charge is 0.337 e. The van der Waals surface area contributed by atoms with Crippen molar-refractivity contribution in [3.05, 3.63) is 60.2 Å². The van der Waals surface area contributed by atoms with E-state index in [1.807, 2.05) is 42.5 Å². The Hall–Kier alpha value is -2.82. The summed E-state index contributed by atoms with van der Waals surface area (Å²) in [5.41, 5.74) is 2.66. The standard InChI is InChI=1S/C19H23N3O2/c1-14(2)15-7-6-10-17(13-15)21-18(23)11-12-20-19(24)22-16-8-4-3-5-9-16/h3-10,13-14H,11-12H2,1-2H3,(H,21,23)(H2,20,22,24). The lowest BCUT2D eigenvalue weighted by Crippen LogP contribution is -2.31. The second-order valence-electron chi connectivity index (χ2n) is 5.83. The first-order valence-electron chi connectivity index (χ1n) is 8.04. The third-order valence-corrected chi connectivity index (χ3v) is 3.51. The number of carbonyl (C=O) groups excluding carboxylic acids is 2. The first kappa shape index (κ1) is 17.5. The van der Waals surface area contributed by atoms with Crippen molar-refractivity contribution in [2.75, 3.05) is 17.2 Å². The van der Waals surface area contributed by atoms with E-state index in [9.17, 15) is 9.59 Å². The van der Waals surface area contributed by atoms with E-state index in [4.69, 9.17) is 0 Å². The summed E-state index contributed by atoms with van der Waals surface area (Å²) in [5.74, 6) is 0.279. The van der Waals surface area contributed by atoms with E-state index in [1.54, 1.807) is 12.1 Å². The number of nitrogens with one attached hydrogen (secondary N) is 3. The fraction of sp³-hybridized carbons (Fsp3) is 0.263. The van der Waals surface area contributed by atoms with Gasteiger partial charge in [-0.05, 0) is 35.7 Å². The molecule has 0 radical (unpaired) electrons. The van der Waals surface area contributed by atoms with Gasteiger partial charge in [0.05, 0.1) is 0 Å². The van der Waals surface area contributed by atoms with Crippen molar-refractivity contribution in [2.45, 2.75) is 26.2 Å². The number of rotatable bonds is 6. The summed E-state index contributed by atoms with van der Waals surface area (Å²) in [4.78, 5) is 23.7. The van der Waals surface area contributed by atoms with Gasteiger partial charge in [0.2, 0.25) is 5.91 Å². The summed E-state index contributed by atoms with van der Waals surface area (Å²) in [6.07, 6.45) is 0.216. The third-order valence-electron chi connectivity index (χ3n) is 3.51. The van der Waals surface area contributed by atoms with E-state index in [1.165, 1.54) is 5.56 Å². The zero-order chi connectivity index (χ0) is 17.4. The summed E-state index contributed by atoms with van der Waals surface area (Å²) in [6.45, 7) is 4.49. The van der Waals surface area contributed by atoms with Crippen LogP contribution < -0.4 is 16.0 Å². The predicted octanol–water partition coefficient (Wildman–Crippen LogP) is 3.96. The van der Waals surface area contributed by atoms with Crippen LogP contribution in [0.25, 0.3) is 0 Å². The maximum atomic E-state index is 12.0. The molecule has 3 amide bonds. The van der Waals surface area contributed by atoms with Gasteiger partial charge in [-0.1, -0.05) is 44.2 Å². The van der Waals surface area contributed by atoms with Crippen molar-refractivity contribution in [1.29, 1.82) is 0 Å². The van der Waals surface area contributed by atoms with Crippen LogP contribution in [0.2, 0.25) is 0 Å². The van der Waals surface area contributed by atoms with Crippen LogP contribution in [-0.4, -0.2) is 18.5 Å². The molecule has 0 saturated heterocycles. The average Bonchev–Trinajstić information content (AvgIpc) is 2.56. The maximum absolute atomic E-state index is 12.0. The molecule has 0 aliphatic carbocycles. The Balaban J connectivity index is 1.73. The summed E-state index contributed by atoms with van der Waals surface area (Å²) in [6, 6.07) is 16.6. The SMILES string of the molecule is CC(C)c1cccc(NC(=O)CCNC(=O)Nc2ccccc2)c1. The second-order valence-corrected chi connectivity index (χ2v) is 5.83. The summed E-state index contributed by atoms with van der Waals surface area (Å²) in [7, 11) is 0. The molecule has 5 heteroatoms. The van der Waals surface area contributed by atoms with E-state index in [0.29, 0.717) is 11.6 Å². The van der Waals surface area contributed by atoms with Gasteiger partial charge in [-0.25, -0.2) is 4.79 Å². The number of hydrogen-bond acceptors (Lipinski definition) is 2. The molecule has 5 nitrogen and oxygen atoms in total. The number of urea groups is 1. The minimum absolute atomic E-state index is 0.129. The Bertz CT molecular complexity index is 684. The van der Waals surface area contributed by atoms with Crippen molar-refractivity contribution in [2.24, 2.45) is 0 Å². The van der Waals surface area contributed by atoms with Crippen molar-refractivity contribution in [3.8, 4) is 0 Å². The van der Waals surface area contributed by atoms with E-state index in [0.717, 1.165) is 5.69 Å². The molecule has 0 atom stereocenters. The molecule has 0 heterocycles. The van der Waals surface area contributed by atoms with Gasteiger partial charge in [0.1, 0.15) is 0 Å². The van der Waals surface area contributed by atoms with Crippen molar-refractivity contribution >= 4 is 23.3 Å². The number of benzene rings is 2. The normalized spacial score (nSPS) is 10.3. The molecule has 2 aromatic carbocycles. The molecule has 0 spiro atoms. The van der Waals surface area contributed by atoms with E-state index in [2.05, 4.69) is 29.8 Å². The van der Waals surface area contributed by atoms with Crippen LogP contribution >= 0.6 is 0 Å². The van der Waals surface area contributed by atoms with Crippen LogP contribution in [-0.2, 0) is 4.79 Å². The molecule has 0 aliphatic rings. The van der Waals surface area contributed by atoms with Crippen molar-refractivity contribution in [1.82, 2.24) is 5.32 Å². The van der Waals surface area contributed by atoms with E-state index >= 15 is 0 Å². The Labute approximate surface area is 142 Å². The third kappa shape index (κ3) is 5.76. The summed E-state index contributed by atoms with van der Waals surface area (Å²) >= 11 is 0. The number of hydrogen-bond donors (Lipinski definition) is 3. The monoisotopic (exact) mass is 325 g/mol. The Kier molecular flexibility index (Phi) is 6.37. The first-order chi connectivity index (χ1) is 11.5. The fourth-order valence-electron chi connectivity index (χ4n) is 2.19. The summed E-state index contributed by atoms with van der Waals surface area (Å²) < 4.78 is 0. The lowest BCUT2D eigenvalue weighted by atomic mass is 10.0. The molecule has 2 rings (SSSR count). The van der Waals surface area contributed by atoms with Crippen molar-refractivity contribution < 1.29 is 9.59 Å². The van der Waals surface area contributed by atoms with Gasteiger partial charge < -0.3 is 16.0 Å². The van der Waals surface area contributed by atoms with Crippen LogP contribution in [0.1, 0.15) is 31.7 Å². The number of anilines is 2. The quantitative estimate of drug-likeness (QED) is 0.752. The number of para-hydroxylation sites is 1. The number of amides is 3. The molecular formula is C19H23N3O2. The topological polar surface area (TPSA) is 70.2 Å². The van der Waals surface area contributed by atoms with E-state index < -0.39 is 0 Å². The van der Waals surface area contributed by atoms with E-state index in [-0.39, 0.29) is 24.9 Å². The zero-order valence-electron chi connectivity index (χ0n) is 14.0. The van der Waals surface area contributed by atoms with Gasteiger partial charge in [0.25, 0.3) is 0 Å². The van der Waals surface area contributed by atoms with Gasteiger partial charge in [0, 0.05) is 24.3 Å². The Morgan fingerprint density at radius 1 is 0.917 bits per heavy atom. The Morgan fingerprint density at radius 2 is 1.62 bits per heavy atom. The smallest absolute Gasteiger partial charge is 0.319 e. The van der Waals surface area contributed by atoms with Gasteiger partial charge in [-0.15, -0.1) is 0 Å².